The van der Waals surface area contributed by atoms with Gasteiger partial charge in [0, 0.05) is 16.7 Å². The maximum Gasteiger partial charge on any atom is 0.115 e. The van der Waals surface area contributed by atoms with Gasteiger partial charge >= 0.3 is 0 Å². The van der Waals surface area contributed by atoms with Crippen molar-refractivity contribution in [1.82, 2.24) is 5.43 Å². The summed E-state index contributed by atoms with van der Waals surface area (Å²) in [5.74, 6) is 0.268. The van der Waals surface area contributed by atoms with Gasteiger partial charge in [-0.2, -0.15) is 0 Å². The summed E-state index contributed by atoms with van der Waals surface area (Å²) in [6, 6.07) is 15.1. The van der Waals surface area contributed by atoms with Gasteiger partial charge in [-0.05, 0) is 35.9 Å². The third-order valence-electron chi connectivity index (χ3n) is 2.31. The van der Waals surface area contributed by atoms with E-state index >= 15 is 0 Å². The van der Waals surface area contributed by atoms with Crippen LogP contribution in [0.4, 0.5) is 5.69 Å². The van der Waals surface area contributed by atoms with Gasteiger partial charge in [0.15, 0.2) is 0 Å². The normalized spacial score (nSPS) is 10.2. The Morgan fingerprint density at radius 3 is 2.59 bits per heavy atom. The number of anilines is 1. The zero-order valence-electron chi connectivity index (χ0n) is 9.15. The fourth-order valence-corrected chi connectivity index (χ4v) is 1.85. The number of phenolic OH excluding ortho intramolecular Hbond substituents is 1. The lowest BCUT2D eigenvalue weighted by atomic mass is 10.2. The van der Waals surface area contributed by atoms with Crippen LogP contribution in [0.1, 0.15) is 5.56 Å². The summed E-state index contributed by atoms with van der Waals surface area (Å²) in [5.41, 5.74) is 8.18. The van der Waals surface area contributed by atoms with Crippen molar-refractivity contribution in [2.75, 3.05) is 5.43 Å². The third-order valence-corrected chi connectivity index (χ3v) is 3.09. The van der Waals surface area contributed by atoms with Gasteiger partial charge < -0.3 is 10.5 Å². The topological polar surface area (TPSA) is 44.3 Å². The van der Waals surface area contributed by atoms with Gasteiger partial charge in [-0.25, -0.2) is 5.43 Å². The van der Waals surface area contributed by atoms with Crippen molar-refractivity contribution in [2.45, 2.75) is 6.54 Å². The summed E-state index contributed by atoms with van der Waals surface area (Å²) in [6.45, 7) is 0.615. The molecule has 3 N–H and O–H groups in total. The molecule has 2 aromatic rings. The fraction of sp³-hybridized carbons (Fsp3) is 0.0769. The van der Waals surface area contributed by atoms with Crippen molar-refractivity contribution < 1.29 is 5.11 Å². The van der Waals surface area contributed by atoms with E-state index < -0.39 is 0 Å². The van der Waals surface area contributed by atoms with Crippen molar-refractivity contribution in [3.63, 3.8) is 0 Å². The van der Waals surface area contributed by atoms with Crippen LogP contribution in [0.15, 0.2) is 53.0 Å². The lowest BCUT2D eigenvalue weighted by Gasteiger charge is -2.09. The summed E-state index contributed by atoms with van der Waals surface area (Å²) >= 11 is 3.44. The smallest absolute Gasteiger partial charge is 0.115 e. The Morgan fingerprint density at radius 1 is 1.06 bits per heavy atom. The summed E-state index contributed by atoms with van der Waals surface area (Å²) in [6.07, 6.45) is 0. The van der Waals surface area contributed by atoms with E-state index in [4.69, 9.17) is 0 Å². The Balaban J connectivity index is 1.92. The van der Waals surface area contributed by atoms with E-state index in [1.54, 1.807) is 12.1 Å². The van der Waals surface area contributed by atoms with Crippen LogP contribution in [0.5, 0.6) is 5.75 Å². The Morgan fingerprint density at radius 2 is 1.82 bits per heavy atom. The second kappa shape index (κ2) is 5.70. The molecule has 3 nitrogen and oxygen atoms in total. The minimum Gasteiger partial charge on any atom is -0.508 e. The fourth-order valence-electron chi connectivity index (χ4n) is 1.46. The molecule has 0 radical (unpaired) electrons. The largest absolute Gasteiger partial charge is 0.508 e. The van der Waals surface area contributed by atoms with E-state index in [2.05, 4.69) is 26.8 Å². The van der Waals surface area contributed by atoms with E-state index in [1.165, 1.54) is 0 Å². The molecule has 0 aliphatic carbocycles. The summed E-state index contributed by atoms with van der Waals surface area (Å²) < 4.78 is 0.970. The summed E-state index contributed by atoms with van der Waals surface area (Å²) in [7, 11) is 0. The van der Waals surface area contributed by atoms with E-state index in [0.29, 0.717) is 6.54 Å². The van der Waals surface area contributed by atoms with Gasteiger partial charge in [-0.15, -0.1) is 0 Å². The second-order valence-electron chi connectivity index (χ2n) is 3.62. The number of nitrogens with one attached hydrogen (secondary N) is 2. The number of halogens is 1. The molecule has 0 amide bonds. The minimum absolute atomic E-state index is 0.268. The van der Waals surface area contributed by atoms with Gasteiger partial charge in [-0.1, -0.05) is 34.1 Å². The number of hydrogen-bond acceptors (Lipinski definition) is 3. The molecular formula is C13H13BrN2O. The molecule has 4 heteroatoms. The van der Waals surface area contributed by atoms with Crippen LogP contribution in [-0.4, -0.2) is 5.11 Å². The van der Waals surface area contributed by atoms with Gasteiger partial charge in [0.2, 0.25) is 0 Å². The highest BCUT2D eigenvalue weighted by atomic mass is 79.9. The zero-order chi connectivity index (χ0) is 12.1. The predicted molar refractivity (Wildman–Crippen MR) is 72.7 cm³/mol. The molecule has 0 atom stereocenters. The van der Waals surface area contributed by atoms with Crippen LogP contribution in [0.2, 0.25) is 0 Å². The number of para-hydroxylation sites is 1. The average Bonchev–Trinajstić information content (AvgIpc) is 2.35. The molecule has 0 aromatic heterocycles. The second-order valence-corrected chi connectivity index (χ2v) is 4.47. The lowest BCUT2D eigenvalue weighted by molar-refractivity contribution is 0.474. The lowest BCUT2D eigenvalue weighted by Crippen LogP contribution is -2.20. The minimum atomic E-state index is 0.268. The standard InChI is InChI=1S/C13H13BrN2O/c14-13-7-6-12(17)8-10(13)9-15-16-11-4-2-1-3-5-11/h1-8,15-17H,9H2. The Labute approximate surface area is 109 Å². The maximum atomic E-state index is 9.38. The molecule has 0 saturated heterocycles. The van der Waals surface area contributed by atoms with Gasteiger partial charge in [0.1, 0.15) is 5.75 Å². The highest BCUT2D eigenvalue weighted by Gasteiger charge is 2.00. The molecule has 88 valence electrons. The molecule has 0 saturated carbocycles. The molecular weight excluding hydrogens is 280 g/mol. The maximum absolute atomic E-state index is 9.38. The summed E-state index contributed by atoms with van der Waals surface area (Å²) in [4.78, 5) is 0. The number of rotatable bonds is 4. The number of hydrazine groups is 1. The predicted octanol–water partition coefficient (Wildman–Crippen LogP) is 3.27. The first-order valence-electron chi connectivity index (χ1n) is 5.27. The number of aromatic hydroxyl groups is 1. The van der Waals surface area contributed by atoms with E-state index in [1.807, 2.05) is 36.4 Å². The van der Waals surface area contributed by atoms with Crippen LogP contribution in [0, 0.1) is 0 Å². The average molecular weight is 293 g/mol. The van der Waals surface area contributed by atoms with E-state index in [-0.39, 0.29) is 5.75 Å². The number of phenols is 1. The van der Waals surface area contributed by atoms with Crippen molar-refractivity contribution in [1.29, 1.82) is 0 Å². The molecule has 0 bridgehead atoms. The molecule has 0 aliphatic rings. The SMILES string of the molecule is Oc1ccc(Br)c(CNNc2ccccc2)c1. The number of hydrogen-bond donors (Lipinski definition) is 3. The van der Waals surface area contributed by atoms with Crippen LogP contribution >= 0.6 is 15.9 Å². The molecule has 2 rings (SSSR count). The third kappa shape index (κ3) is 3.47. The first kappa shape index (κ1) is 12.0. The van der Waals surface area contributed by atoms with Crippen LogP contribution in [0.3, 0.4) is 0 Å². The van der Waals surface area contributed by atoms with Gasteiger partial charge in [-0.3, -0.25) is 0 Å². The molecule has 0 spiro atoms. The molecule has 0 heterocycles. The first-order chi connectivity index (χ1) is 8.25. The summed E-state index contributed by atoms with van der Waals surface area (Å²) in [5, 5.41) is 9.38. The van der Waals surface area contributed by atoms with E-state index in [9.17, 15) is 5.11 Å². The molecule has 17 heavy (non-hydrogen) atoms. The van der Waals surface area contributed by atoms with Gasteiger partial charge in [0.05, 0.1) is 0 Å². The zero-order valence-corrected chi connectivity index (χ0v) is 10.7. The van der Waals surface area contributed by atoms with Crippen LogP contribution in [-0.2, 0) is 6.54 Å². The van der Waals surface area contributed by atoms with Crippen molar-refractivity contribution in [2.24, 2.45) is 0 Å². The van der Waals surface area contributed by atoms with E-state index in [0.717, 1.165) is 15.7 Å². The van der Waals surface area contributed by atoms with Crippen LogP contribution in [0.25, 0.3) is 0 Å². The molecule has 0 aliphatic heterocycles. The Kier molecular flexibility index (Phi) is 4.01. The van der Waals surface area contributed by atoms with Crippen molar-refractivity contribution >= 4 is 21.6 Å². The van der Waals surface area contributed by atoms with Crippen LogP contribution < -0.4 is 10.9 Å². The Hall–Kier alpha value is -1.52. The van der Waals surface area contributed by atoms with Gasteiger partial charge in [0.25, 0.3) is 0 Å². The molecule has 2 aromatic carbocycles. The molecule has 0 unspecified atom stereocenters. The number of benzene rings is 2. The quantitative estimate of drug-likeness (QED) is 0.758. The highest BCUT2D eigenvalue weighted by Crippen LogP contribution is 2.21. The van der Waals surface area contributed by atoms with Crippen molar-refractivity contribution in [3.8, 4) is 5.75 Å². The Bertz CT molecular complexity index is 488. The monoisotopic (exact) mass is 292 g/mol. The molecule has 0 fully saturated rings. The van der Waals surface area contributed by atoms with Crippen molar-refractivity contribution in [3.05, 3.63) is 58.6 Å². The highest BCUT2D eigenvalue weighted by molar-refractivity contribution is 9.10. The first-order valence-corrected chi connectivity index (χ1v) is 6.06.